The summed E-state index contributed by atoms with van der Waals surface area (Å²) in [5.41, 5.74) is 2.84. The first-order chi connectivity index (χ1) is 15.5. The highest BCUT2D eigenvalue weighted by Gasteiger charge is 2.25. The molecule has 0 aliphatic carbocycles. The fourth-order valence-corrected chi connectivity index (χ4v) is 5.60. The minimum absolute atomic E-state index is 0.0884. The molecule has 2 aromatic heterocycles. The molecule has 32 heavy (non-hydrogen) atoms. The summed E-state index contributed by atoms with van der Waals surface area (Å²) in [5, 5.41) is 5.96. The molecule has 0 spiro atoms. The van der Waals surface area contributed by atoms with E-state index in [1.807, 2.05) is 16.8 Å². The van der Waals surface area contributed by atoms with E-state index in [4.69, 9.17) is 0 Å². The number of hydrogen-bond donors (Lipinski definition) is 2. The van der Waals surface area contributed by atoms with E-state index in [0.717, 1.165) is 31.4 Å². The van der Waals surface area contributed by atoms with E-state index in [-0.39, 0.29) is 10.8 Å². The fourth-order valence-electron chi connectivity index (χ4n) is 4.08. The van der Waals surface area contributed by atoms with Crippen molar-refractivity contribution in [1.82, 2.24) is 24.2 Å². The van der Waals surface area contributed by atoms with Crippen LogP contribution in [-0.2, 0) is 16.6 Å². The van der Waals surface area contributed by atoms with Gasteiger partial charge in [-0.05, 0) is 49.2 Å². The lowest BCUT2D eigenvalue weighted by Crippen LogP contribution is -2.35. The zero-order valence-corrected chi connectivity index (χ0v) is 18.3. The van der Waals surface area contributed by atoms with Gasteiger partial charge in [0, 0.05) is 49.8 Å². The molecule has 3 aromatic rings. The Kier molecular flexibility index (Phi) is 5.40. The Bertz CT molecular complexity index is 1250. The number of fused-ring (bicyclic) bond motifs is 1. The Morgan fingerprint density at radius 2 is 1.78 bits per heavy atom. The molecule has 1 saturated heterocycles. The molecule has 0 atom stereocenters. The molecule has 9 nitrogen and oxygen atoms in total. The molecule has 2 N–H and O–H groups in total. The van der Waals surface area contributed by atoms with Crippen molar-refractivity contribution < 1.29 is 13.2 Å². The third-order valence-electron chi connectivity index (χ3n) is 5.78. The average Bonchev–Trinajstić information content (AvgIpc) is 3.26. The van der Waals surface area contributed by atoms with E-state index in [1.165, 1.54) is 0 Å². The van der Waals surface area contributed by atoms with E-state index in [2.05, 4.69) is 20.6 Å². The number of carbonyl (C=O) groups excluding carboxylic acids is 1. The van der Waals surface area contributed by atoms with Crippen LogP contribution < -0.4 is 10.6 Å². The SMILES string of the molecule is O=C1NCCn2cc(-c3ccnc(Nc4ccc(S(=O)(=O)N5CCCCC5)cc4)n3)cc21. The molecule has 0 radical (unpaired) electrons. The molecule has 5 rings (SSSR count). The normalized spacial score (nSPS) is 16.9. The molecule has 10 heteroatoms. The maximum atomic E-state index is 12.8. The lowest BCUT2D eigenvalue weighted by molar-refractivity contribution is 0.0928. The van der Waals surface area contributed by atoms with Gasteiger partial charge in [-0.3, -0.25) is 4.79 Å². The van der Waals surface area contributed by atoms with Crippen molar-refractivity contribution in [1.29, 1.82) is 0 Å². The van der Waals surface area contributed by atoms with Gasteiger partial charge in [0.25, 0.3) is 5.91 Å². The van der Waals surface area contributed by atoms with Gasteiger partial charge in [-0.1, -0.05) is 6.42 Å². The first kappa shape index (κ1) is 20.7. The lowest BCUT2D eigenvalue weighted by Gasteiger charge is -2.25. The number of rotatable bonds is 5. The average molecular weight is 453 g/mol. The van der Waals surface area contributed by atoms with Crippen molar-refractivity contribution in [3.63, 3.8) is 0 Å². The van der Waals surface area contributed by atoms with Gasteiger partial charge < -0.3 is 15.2 Å². The highest BCUT2D eigenvalue weighted by Crippen LogP contribution is 2.25. The van der Waals surface area contributed by atoms with Gasteiger partial charge >= 0.3 is 0 Å². The van der Waals surface area contributed by atoms with E-state index in [0.29, 0.717) is 42.7 Å². The third kappa shape index (κ3) is 3.98. The second-order valence-corrected chi connectivity index (χ2v) is 9.88. The monoisotopic (exact) mass is 452 g/mol. The van der Waals surface area contributed by atoms with Gasteiger partial charge in [-0.2, -0.15) is 4.31 Å². The smallest absolute Gasteiger partial charge is 0.267 e. The van der Waals surface area contributed by atoms with Crippen molar-refractivity contribution in [3.05, 3.63) is 54.5 Å². The number of amides is 1. The van der Waals surface area contributed by atoms with Gasteiger partial charge in [0.2, 0.25) is 16.0 Å². The second-order valence-electron chi connectivity index (χ2n) is 7.94. The Morgan fingerprint density at radius 3 is 2.53 bits per heavy atom. The molecular weight excluding hydrogens is 428 g/mol. The van der Waals surface area contributed by atoms with Gasteiger partial charge in [-0.15, -0.1) is 0 Å². The van der Waals surface area contributed by atoms with Crippen LogP contribution in [-0.4, -0.2) is 52.8 Å². The Hall–Kier alpha value is -3.24. The number of sulfonamides is 1. The van der Waals surface area contributed by atoms with Crippen LogP contribution in [0, 0.1) is 0 Å². The molecule has 2 aliphatic heterocycles. The van der Waals surface area contributed by atoms with E-state index in [1.54, 1.807) is 40.8 Å². The van der Waals surface area contributed by atoms with Crippen LogP contribution in [0.3, 0.4) is 0 Å². The topological polar surface area (TPSA) is 109 Å². The molecular formula is C22H24N6O3S. The molecule has 0 bridgehead atoms. The first-order valence-corrected chi connectivity index (χ1v) is 12.1. The summed E-state index contributed by atoms with van der Waals surface area (Å²) in [5.74, 6) is 0.303. The predicted octanol–water partition coefficient (Wildman–Crippen LogP) is 2.61. The highest BCUT2D eigenvalue weighted by molar-refractivity contribution is 7.89. The molecule has 4 heterocycles. The van der Waals surface area contributed by atoms with Gasteiger partial charge in [-0.25, -0.2) is 18.4 Å². The molecule has 1 amide bonds. The molecule has 1 aromatic carbocycles. The highest BCUT2D eigenvalue weighted by atomic mass is 32.2. The second kappa shape index (κ2) is 8.36. The number of nitrogens with zero attached hydrogens (tertiary/aromatic N) is 4. The quantitative estimate of drug-likeness (QED) is 0.616. The fraction of sp³-hybridized carbons (Fsp3) is 0.318. The Labute approximate surface area is 186 Å². The van der Waals surface area contributed by atoms with Crippen LogP contribution in [0.15, 0.2) is 53.7 Å². The van der Waals surface area contributed by atoms with Crippen LogP contribution in [0.1, 0.15) is 29.8 Å². The summed E-state index contributed by atoms with van der Waals surface area (Å²) in [6.07, 6.45) is 6.45. The summed E-state index contributed by atoms with van der Waals surface area (Å²) in [6.45, 7) is 2.49. The maximum Gasteiger partial charge on any atom is 0.267 e. The molecule has 166 valence electrons. The molecule has 1 fully saturated rings. The van der Waals surface area contributed by atoms with Crippen molar-refractivity contribution >= 4 is 27.6 Å². The van der Waals surface area contributed by atoms with Crippen LogP contribution >= 0.6 is 0 Å². The Morgan fingerprint density at radius 1 is 1.00 bits per heavy atom. The van der Waals surface area contributed by atoms with E-state index < -0.39 is 10.0 Å². The number of carbonyl (C=O) groups is 1. The minimum Gasteiger partial charge on any atom is -0.349 e. The number of piperidine rings is 1. The number of nitrogens with one attached hydrogen (secondary N) is 2. The van der Waals surface area contributed by atoms with Crippen molar-refractivity contribution in [2.75, 3.05) is 25.0 Å². The van der Waals surface area contributed by atoms with Crippen molar-refractivity contribution in [2.24, 2.45) is 0 Å². The zero-order valence-electron chi connectivity index (χ0n) is 17.5. The summed E-state index contributed by atoms with van der Waals surface area (Å²) in [6, 6.07) is 10.3. The maximum absolute atomic E-state index is 12.8. The summed E-state index contributed by atoms with van der Waals surface area (Å²) in [7, 11) is -3.46. The number of benzene rings is 1. The van der Waals surface area contributed by atoms with Crippen molar-refractivity contribution in [3.8, 4) is 11.3 Å². The molecule has 0 unspecified atom stereocenters. The van der Waals surface area contributed by atoms with Crippen molar-refractivity contribution in [2.45, 2.75) is 30.7 Å². The summed E-state index contributed by atoms with van der Waals surface area (Å²) < 4.78 is 29.1. The summed E-state index contributed by atoms with van der Waals surface area (Å²) >= 11 is 0. The van der Waals surface area contributed by atoms with Crippen LogP contribution in [0.5, 0.6) is 0 Å². The largest absolute Gasteiger partial charge is 0.349 e. The van der Waals surface area contributed by atoms with Gasteiger partial charge in [0.05, 0.1) is 10.6 Å². The molecule has 0 saturated carbocycles. The zero-order chi connectivity index (χ0) is 22.1. The predicted molar refractivity (Wildman–Crippen MR) is 120 cm³/mol. The van der Waals surface area contributed by atoms with E-state index in [9.17, 15) is 13.2 Å². The third-order valence-corrected chi connectivity index (χ3v) is 7.69. The van der Waals surface area contributed by atoms with Gasteiger partial charge in [0.15, 0.2) is 0 Å². The van der Waals surface area contributed by atoms with Crippen LogP contribution in [0.25, 0.3) is 11.3 Å². The standard InChI is InChI=1S/C22H24N6O3S/c29-21-20-14-16(15-27(20)13-10-23-21)19-8-9-24-22(26-19)25-17-4-6-18(7-5-17)32(30,31)28-11-2-1-3-12-28/h4-9,14-15H,1-3,10-13H2,(H,23,29)(H,24,25,26). The Balaban J connectivity index is 1.33. The van der Waals surface area contributed by atoms with E-state index >= 15 is 0 Å². The molecule has 2 aliphatic rings. The van der Waals surface area contributed by atoms with Gasteiger partial charge in [0.1, 0.15) is 5.69 Å². The number of hydrogen-bond acceptors (Lipinski definition) is 6. The first-order valence-electron chi connectivity index (χ1n) is 10.7. The number of aromatic nitrogens is 3. The minimum atomic E-state index is -3.46. The summed E-state index contributed by atoms with van der Waals surface area (Å²) in [4.78, 5) is 21.1. The lowest BCUT2D eigenvalue weighted by atomic mass is 10.2. The number of anilines is 2. The van der Waals surface area contributed by atoms with Crippen LogP contribution in [0.4, 0.5) is 11.6 Å². The van der Waals surface area contributed by atoms with Crippen LogP contribution in [0.2, 0.25) is 0 Å².